The minimum absolute atomic E-state index is 0.0521. The van der Waals surface area contributed by atoms with Gasteiger partial charge in [0.1, 0.15) is 0 Å². The summed E-state index contributed by atoms with van der Waals surface area (Å²) in [4.78, 5) is 26.5. The summed E-state index contributed by atoms with van der Waals surface area (Å²) in [5.41, 5.74) is 4.95. The Morgan fingerprint density at radius 1 is 0.971 bits per heavy atom. The first-order chi connectivity index (χ1) is 16.6. The predicted octanol–water partition coefficient (Wildman–Crippen LogP) is 5.51. The fourth-order valence-corrected chi connectivity index (χ4v) is 4.67. The molecule has 0 saturated carbocycles. The van der Waals surface area contributed by atoms with E-state index in [1.165, 1.54) is 37.0 Å². The van der Waals surface area contributed by atoms with Crippen molar-refractivity contribution >= 4 is 34.2 Å². The Morgan fingerprint density at radius 2 is 1.76 bits per heavy atom. The van der Waals surface area contributed by atoms with E-state index in [0.29, 0.717) is 22.5 Å². The minimum atomic E-state index is -0.444. The van der Waals surface area contributed by atoms with Gasteiger partial charge in [-0.05, 0) is 55.3 Å². The van der Waals surface area contributed by atoms with Crippen LogP contribution in [0.25, 0.3) is 11.3 Å². The van der Waals surface area contributed by atoms with Crippen LogP contribution in [0.5, 0.6) is 0 Å². The number of hydrogen-bond acceptors (Lipinski definition) is 5. The number of piperidine rings is 1. The van der Waals surface area contributed by atoms with Gasteiger partial charge in [-0.1, -0.05) is 48.9 Å². The molecule has 2 heterocycles. The second-order valence-corrected chi connectivity index (χ2v) is 8.72. The Bertz CT molecular complexity index is 1260. The van der Waals surface area contributed by atoms with Crippen molar-refractivity contribution in [3.63, 3.8) is 0 Å². The topological polar surface area (TPSA) is 87.5 Å². The van der Waals surface area contributed by atoms with Crippen LogP contribution in [0, 0.1) is 10.1 Å². The Kier molecular flexibility index (Phi) is 6.10. The third-order valence-corrected chi connectivity index (χ3v) is 6.32. The summed E-state index contributed by atoms with van der Waals surface area (Å²) in [5, 5.41) is 17.7. The molecule has 172 valence electrons. The van der Waals surface area contributed by atoms with E-state index in [9.17, 15) is 14.9 Å². The number of carbonyl (C=O) groups is 1. The van der Waals surface area contributed by atoms with E-state index >= 15 is 0 Å². The Balaban J connectivity index is 1.55. The first kappa shape index (κ1) is 21.9. The maximum absolute atomic E-state index is 13.1. The van der Waals surface area contributed by atoms with E-state index in [0.717, 1.165) is 30.9 Å². The van der Waals surface area contributed by atoms with Gasteiger partial charge in [0.05, 0.1) is 16.2 Å². The number of nitrogens with one attached hydrogen (secondary N) is 2. The van der Waals surface area contributed by atoms with Gasteiger partial charge in [-0.3, -0.25) is 19.8 Å². The van der Waals surface area contributed by atoms with Gasteiger partial charge < -0.3 is 10.6 Å². The van der Waals surface area contributed by atoms with E-state index in [2.05, 4.69) is 27.7 Å². The summed E-state index contributed by atoms with van der Waals surface area (Å²) in [5.74, 6) is -0.286. The number of nitro benzene ring substituents is 1. The number of non-ortho nitro benzene ring substituents is 1. The SMILES string of the molecule is O=C1Nc2ccc([N+](=O)[O-])cc2C1=C(Nc1cccc(CN2CCCCC2)c1)c1ccccc1. The molecule has 7 nitrogen and oxygen atoms in total. The first-order valence-corrected chi connectivity index (χ1v) is 11.6. The average molecular weight is 455 g/mol. The van der Waals surface area contributed by atoms with Crippen molar-refractivity contribution in [3.05, 3.63) is 99.6 Å². The van der Waals surface area contributed by atoms with Crippen LogP contribution in [0.1, 0.15) is 36.0 Å². The van der Waals surface area contributed by atoms with Gasteiger partial charge in [0, 0.05) is 35.6 Å². The van der Waals surface area contributed by atoms with Crippen molar-refractivity contribution < 1.29 is 9.72 Å². The molecule has 0 bridgehead atoms. The summed E-state index contributed by atoms with van der Waals surface area (Å²) >= 11 is 0. The first-order valence-electron chi connectivity index (χ1n) is 11.6. The van der Waals surface area contributed by atoms with Crippen molar-refractivity contribution in [1.29, 1.82) is 0 Å². The average Bonchev–Trinajstić information content (AvgIpc) is 3.18. The molecule has 2 aliphatic heterocycles. The van der Waals surface area contributed by atoms with Crippen LogP contribution in [-0.4, -0.2) is 28.8 Å². The molecule has 1 saturated heterocycles. The number of nitro groups is 1. The number of nitrogens with zero attached hydrogens (tertiary/aromatic N) is 2. The molecule has 0 unspecified atom stereocenters. The summed E-state index contributed by atoms with van der Waals surface area (Å²) < 4.78 is 0. The maximum atomic E-state index is 13.1. The number of likely N-dealkylation sites (tertiary alicyclic amines) is 1. The molecule has 0 spiro atoms. The standard InChI is InChI=1S/C27H26N4O3/c32-27-25(23-17-22(31(33)34)12-13-24(23)29-27)26(20-9-3-1-4-10-20)28-21-11-7-8-19(16-21)18-30-14-5-2-6-15-30/h1,3-4,7-13,16-17,28H,2,5-6,14-15,18H2,(H,29,32). The second-order valence-electron chi connectivity index (χ2n) is 8.72. The molecule has 0 radical (unpaired) electrons. The molecule has 0 aliphatic carbocycles. The normalized spacial score (nSPS) is 17.1. The van der Waals surface area contributed by atoms with Gasteiger partial charge in [-0.2, -0.15) is 0 Å². The Labute approximate surface area is 198 Å². The number of carbonyl (C=O) groups excluding carboxylic acids is 1. The molecular weight excluding hydrogens is 428 g/mol. The number of anilines is 2. The summed E-state index contributed by atoms with van der Waals surface area (Å²) in [6.45, 7) is 3.13. The zero-order chi connectivity index (χ0) is 23.5. The number of rotatable bonds is 6. The van der Waals surface area contributed by atoms with E-state index in [4.69, 9.17) is 0 Å². The zero-order valence-corrected chi connectivity index (χ0v) is 18.8. The fraction of sp³-hybridized carbons (Fsp3) is 0.222. The van der Waals surface area contributed by atoms with Crippen LogP contribution in [0.4, 0.5) is 17.1 Å². The maximum Gasteiger partial charge on any atom is 0.270 e. The third kappa shape index (κ3) is 4.56. The monoisotopic (exact) mass is 454 g/mol. The van der Waals surface area contributed by atoms with Crippen molar-refractivity contribution in [2.24, 2.45) is 0 Å². The van der Waals surface area contributed by atoms with E-state index in [-0.39, 0.29) is 11.6 Å². The third-order valence-electron chi connectivity index (χ3n) is 6.32. The predicted molar refractivity (Wildman–Crippen MR) is 134 cm³/mol. The lowest BCUT2D eigenvalue weighted by Crippen LogP contribution is -2.29. The van der Waals surface area contributed by atoms with Crippen LogP contribution in [0.3, 0.4) is 0 Å². The molecular formula is C27H26N4O3. The number of fused-ring (bicyclic) bond motifs is 1. The number of benzene rings is 3. The molecule has 5 rings (SSSR count). The highest BCUT2D eigenvalue weighted by atomic mass is 16.6. The highest BCUT2D eigenvalue weighted by Crippen LogP contribution is 2.39. The summed E-state index contributed by atoms with van der Waals surface area (Å²) in [7, 11) is 0. The van der Waals surface area contributed by atoms with Crippen LogP contribution in [0.15, 0.2) is 72.8 Å². The van der Waals surface area contributed by atoms with Gasteiger partial charge in [0.25, 0.3) is 11.6 Å². The molecule has 3 aromatic rings. The second kappa shape index (κ2) is 9.49. The lowest BCUT2D eigenvalue weighted by Gasteiger charge is -2.26. The van der Waals surface area contributed by atoms with Crippen molar-refractivity contribution in [2.75, 3.05) is 23.7 Å². The molecule has 3 aromatic carbocycles. The van der Waals surface area contributed by atoms with Gasteiger partial charge in [0.2, 0.25) is 0 Å². The molecule has 0 aromatic heterocycles. The molecule has 34 heavy (non-hydrogen) atoms. The van der Waals surface area contributed by atoms with Gasteiger partial charge in [0.15, 0.2) is 0 Å². The van der Waals surface area contributed by atoms with Crippen LogP contribution >= 0.6 is 0 Å². The van der Waals surface area contributed by atoms with Crippen molar-refractivity contribution in [1.82, 2.24) is 4.90 Å². The Morgan fingerprint density at radius 3 is 2.53 bits per heavy atom. The quantitative estimate of drug-likeness (QED) is 0.291. The van der Waals surface area contributed by atoms with Crippen LogP contribution in [0.2, 0.25) is 0 Å². The molecule has 2 aliphatic rings. The largest absolute Gasteiger partial charge is 0.354 e. The van der Waals surface area contributed by atoms with Gasteiger partial charge in [-0.25, -0.2) is 0 Å². The van der Waals surface area contributed by atoms with Crippen molar-refractivity contribution in [3.8, 4) is 0 Å². The zero-order valence-electron chi connectivity index (χ0n) is 18.8. The van der Waals surface area contributed by atoms with Gasteiger partial charge >= 0.3 is 0 Å². The number of amides is 1. The van der Waals surface area contributed by atoms with Crippen LogP contribution < -0.4 is 10.6 Å². The molecule has 0 atom stereocenters. The molecule has 2 N–H and O–H groups in total. The van der Waals surface area contributed by atoms with Crippen LogP contribution in [-0.2, 0) is 11.3 Å². The summed E-state index contributed by atoms with van der Waals surface area (Å²) in [6.07, 6.45) is 3.78. The molecule has 1 amide bonds. The van der Waals surface area contributed by atoms with Gasteiger partial charge in [-0.15, -0.1) is 0 Å². The minimum Gasteiger partial charge on any atom is -0.354 e. The highest BCUT2D eigenvalue weighted by Gasteiger charge is 2.30. The lowest BCUT2D eigenvalue weighted by atomic mass is 9.99. The lowest BCUT2D eigenvalue weighted by molar-refractivity contribution is -0.384. The van der Waals surface area contributed by atoms with E-state index in [1.807, 2.05) is 42.5 Å². The van der Waals surface area contributed by atoms with Crippen molar-refractivity contribution in [2.45, 2.75) is 25.8 Å². The molecule has 7 heteroatoms. The number of hydrogen-bond donors (Lipinski definition) is 2. The highest BCUT2D eigenvalue weighted by molar-refractivity contribution is 6.37. The van der Waals surface area contributed by atoms with E-state index in [1.54, 1.807) is 6.07 Å². The smallest absolute Gasteiger partial charge is 0.270 e. The fourth-order valence-electron chi connectivity index (χ4n) is 4.67. The Hall–Kier alpha value is -3.97. The van der Waals surface area contributed by atoms with E-state index < -0.39 is 4.92 Å². The molecule has 1 fully saturated rings. The summed E-state index contributed by atoms with van der Waals surface area (Å²) in [6, 6.07) is 22.3.